The van der Waals surface area contributed by atoms with Crippen LogP contribution in [0.2, 0.25) is 0 Å². The summed E-state index contributed by atoms with van der Waals surface area (Å²) in [5.74, 6) is -4.21. The van der Waals surface area contributed by atoms with Crippen molar-refractivity contribution in [3.8, 4) is 0 Å². The topological polar surface area (TPSA) is 54.4 Å². The third kappa shape index (κ3) is 2.91. The van der Waals surface area contributed by atoms with Gasteiger partial charge in [0.05, 0.1) is 22.1 Å². The second-order valence-corrected chi connectivity index (χ2v) is 5.45. The standard InChI is InChI=1S/C14H10F2O3S/c15-12-7-6-10(14(17)18)11(13(12)16)8-20(19)9-4-2-1-3-5-9/h1-7H,8H2,(H,17,18). The molecule has 2 rings (SSSR count). The van der Waals surface area contributed by atoms with E-state index in [0.717, 1.165) is 12.1 Å². The van der Waals surface area contributed by atoms with Crippen LogP contribution in [0.1, 0.15) is 15.9 Å². The van der Waals surface area contributed by atoms with E-state index < -0.39 is 34.2 Å². The van der Waals surface area contributed by atoms with Crippen molar-refractivity contribution < 1.29 is 22.9 Å². The third-order valence-corrected chi connectivity index (χ3v) is 4.06. The van der Waals surface area contributed by atoms with Crippen LogP contribution in [-0.2, 0) is 16.6 Å². The van der Waals surface area contributed by atoms with Gasteiger partial charge in [-0.3, -0.25) is 4.21 Å². The maximum atomic E-state index is 13.7. The van der Waals surface area contributed by atoms with Crippen LogP contribution in [0, 0.1) is 11.6 Å². The Balaban J connectivity index is 2.41. The lowest BCUT2D eigenvalue weighted by Crippen LogP contribution is -2.09. The normalized spacial score (nSPS) is 12.1. The Morgan fingerprint density at radius 1 is 1.10 bits per heavy atom. The van der Waals surface area contributed by atoms with Crippen molar-refractivity contribution in [3.63, 3.8) is 0 Å². The van der Waals surface area contributed by atoms with Crippen LogP contribution < -0.4 is 0 Å². The summed E-state index contributed by atoms with van der Waals surface area (Å²) in [6.07, 6.45) is 0. The monoisotopic (exact) mass is 296 g/mol. The number of carboxylic acid groups (broad SMARTS) is 1. The van der Waals surface area contributed by atoms with Gasteiger partial charge in [-0.05, 0) is 24.3 Å². The first-order chi connectivity index (χ1) is 9.50. The minimum atomic E-state index is -1.65. The molecule has 0 saturated heterocycles. The number of hydrogen-bond acceptors (Lipinski definition) is 2. The molecular weight excluding hydrogens is 286 g/mol. The molecule has 0 fully saturated rings. The molecule has 0 aliphatic rings. The first kappa shape index (κ1) is 14.3. The van der Waals surface area contributed by atoms with Crippen molar-refractivity contribution in [1.29, 1.82) is 0 Å². The second kappa shape index (κ2) is 5.92. The highest BCUT2D eigenvalue weighted by Crippen LogP contribution is 2.21. The molecule has 1 unspecified atom stereocenters. The Morgan fingerprint density at radius 2 is 1.75 bits per heavy atom. The average molecular weight is 296 g/mol. The van der Waals surface area contributed by atoms with Gasteiger partial charge in [0.25, 0.3) is 0 Å². The first-order valence-electron chi connectivity index (χ1n) is 5.64. The molecule has 0 radical (unpaired) electrons. The molecule has 0 aliphatic carbocycles. The molecule has 0 saturated carbocycles. The minimum absolute atomic E-state index is 0.381. The highest BCUT2D eigenvalue weighted by molar-refractivity contribution is 7.84. The average Bonchev–Trinajstić information content (AvgIpc) is 2.44. The van der Waals surface area contributed by atoms with Crippen molar-refractivity contribution in [3.05, 3.63) is 65.2 Å². The number of hydrogen-bond donors (Lipinski definition) is 1. The van der Waals surface area contributed by atoms with Gasteiger partial charge in [0.1, 0.15) is 0 Å². The summed E-state index contributed by atoms with van der Waals surface area (Å²) < 4.78 is 39.0. The summed E-state index contributed by atoms with van der Waals surface area (Å²) in [6.45, 7) is 0. The predicted octanol–water partition coefficient (Wildman–Crippen LogP) is 2.97. The summed E-state index contributed by atoms with van der Waals surface area (Å²) in [5.41, 5.74) is -0.770. The number of aromatic carboxylic acids is 1. The Hall–Kier alpha value is -2.08. The smallest absolute Gasteiger partial charge is 0.336 e. The van der Waals surface area contributed by atoms with Crippen LogP contribution in [0.15, 0.2) is 47.4 Å². The number of benzene rings is 2. The molecule has 20 heavy (non-hydrogen) atoms. The van der Waals surface area contributed by atoms with Gasteiger partial charge >= 0.3 is 5.97 Å². The van der Waals surface area contributed by atoms with Gasteiger partial charge < -0.3 is 5.11 Å². The van der Waals surface area contributed by atoms with E-state index in [9.17, 15) is 17.8 Å². The molecule has 1 atom stereocenters. The molecule has 2 aromatic rings. The Bertz CT molecular complexity index is 672. The van der Waals surface area contributed by atoms with Crippen molar-refractivity contribution in [2.75, 3.05) is 0 Å². The third-order valence-electron chi connectivity index (χ3n) is 2.71. The van der Waals surface area contributed by atoms with E-state index in [0.29, 0.717) is 4.90 Å². The number of carbonyl (C=O) groups is 1. The van der Waals surface area contributed by atoms with Crippen LogP contribution in [0.4, 0.5) is 8.78 Å². The van der Waals surface area contributed by atoms with Crippen LogP contribution in [0.3, 0.4) is 0 Å². The molecule has 0 aliphatic heterocycles. The molecule has 6 heteroatoms. The van der Waals surface area contributed by atoms with Crippen LogP contribution in [-0.4, -0.2) is 15.3 Å². The summed E-state index contributed by atoms with van der Waals surface area (Å²) in [7, 11) is -1.65. The van der Waals surface area contributed by atoms with Gasteiger partial charge in [0.15, 0.2) is 11.6 Å². The van der Waals surface area contributed by atoms with E-state index in [-0.39, 0.29) is 11.1 Å². The summed E-state index contributed by atoms with van der Waals surface area (Å²) in [5, 5.41) is 8.98. The maximum absolute atomic E-state index is 13.7. The van der Waals surface area contributed by atoms with E-state index >= 15 is 0 Å². The lowest BCUT2D eigenvalue weighted by Gasteiger charge is -2.08. The number of rotatable bonds is 4. The summed E-state index contributed by atoms with van der Waals surface area (Å²) in [4.78, 5) is 11.4. The van der Waals surface area contributed by atoms with Gasteiger partial charge in [-0.1, -0.05) is 18.2 Å². The lowest BCUT2D eigenvalue weighted by molar-refractivity contribution is 0.0695. The fourth-order valence-electron chi connectivity index (χ4n) is 1.72. The minimum Gasteiger partial charge on any atom is -0.478 e. The largest absolute Gasteiger partial charge is 0.478 e. The Morgan fingerprint density at radius 3 is 2.35 bits per heavy atom. The zero-order valence-electron chi connectivity index (χ0n) is 10.2. The maximum Gasteiger partial charge on any atom is 0.336 e. The van der Waals surface area contributed by atoms with Gasteiger partial charge in [-0.25, -0.2) is 13.6 Å². The summed E-state index contributed by atoms with van der Waals surface area (Å²) >= 11 is 0. The molecule has 3 nitrogen and oxygen atoms in total. The van der Waals surface area contributed by atoms with E-state index in [1.807, 2.05) is 0 Å². The molecule has 2 aromatic carbocycles. The summed E-state index contributed by atoms with van der Waals surface area (Å²) in [6, 6.07) is 9.92. The zero-order chi connectivity index (χ0) is 14.7. The molecule has 0 spiro atoms. The van der Waals surface area contributed by atoms with Crippen LogP contribution >= 0.6 is 0 Å². The van der Waals surface area contributed by atoms with Crippen molar-refractivity contribution in [2.45, 2.75) is 10.6 Å². The molecule has 0 amide bonds. The lowest BCUT2D eigenvalue weighted by atomic mass is 10.1. The zero-order valence-corrected chi connectivity index (χ0v) is 11.0. The predicted molar refractivity (Wildman–Crippen MR) is 69.9 cm³/mol. The van der Waals surface area contributed by atoms with Gasteiger partial charge in [0, 0.05) is 10.5 Å². The number of carboxylic acids is 1. The van der Waals surface area contributed by atoms with Gasteiger partial charge in [-0.2, -0.15) is 0 Å². The van der Waals surface area contributed by atoms with Crippen LogP contribution in [0.25, 0.3) is 0 Å². The van der Waals surface area contributed by atoms with E-state index in [1.165, 1.54) is 0 Å². The SMILES string of the molecule is O=C(O)c1ccc(F)c(F)c1CS(=O)c1ccccc1. The fourth-order valence-corrected chi connectivity index (χ4v) is 2.89. The van der Waals surface area contributed by atoms with Gasteiger partial charge in [0.2, 0.25) is 0 Å². The molecule has 0 heterocycles. The Labute approximate surface area is 116 Å². The fraction of sp³-hybridized carbons (Fsp3) is 0.0714. The first-order valence-corrected chi connectivity index (χ1v) is 6.96. The highest BCUT2D eigenvalue weighted by atomic mass is 32.2. The number of halogens is 2. The van der Waals surface area contributed by atoms with E-state index in [2.05, 4.69) is 0 Å². The van der Waals surface area contributed by atoms with Crippen molar-refractivity contribution in [1.82, 2.24) is 0 Å². The molecule has 0 aromatic heterocycles. The molecule has 0 bridgehead atoms. The Kier molecular flexibility index (Phi) is 4.24. The van der Waals surface area contributed by atoms with Crippen molar-refractivity contribution >= 4 is 16.8 Å². The van der Waals surface area contributed by atoms with E-state index in [4.69, 9.17) is 5.11 Å². The van der Waals surface area contributed by atoms with E-state index in [1.54, 1.807) is 30.3 Å². The van der Waals surface area contributed by atoms with Crippen LogP contribution in [0.5, 0.6) is 0 Å². The quantitative estimate of drug-likeness (QED) is 0.943. The molecular formula is C14H10F2O3S. The second-order valence-electron chi connectivity index (χ2n) is 4.00. The van der Waals surface area contributed by atoms with Gasteiger partial charge in [-0.15, -0.1) is 0 Å². The highest BCUT2D eigenvalue weighted by Gasteiger charge is 2.20. The van der Waals surface area contributed by atoms with Crippen molar-refractivity contribution in [2.24, 2.45) is 0 Å². The molecule has 1 N–H and O–H groups in total. The molecule has 104 valence electrons.